The molecule has 1 saturated heterocycles. The van der Waals surface area contributed by atoms with Gasteiger partial charge in [0.15, 0.2) is 0 Å². The molecule has 0 radical (unpaired) electrons. The molecule has 0 spiro atoms. The Labute approximate surface area is 162 Å². The van der Waals surface area contributed by atoms with Crippen LogP contribution >= 0.6 is 0 Å². The van der Waals surface area contributed by atoms with Gasteiger partial charge in [0.2, 0.25) is 0 Å². The van der Waals surface area contributed by atoms with Crippen molar-refractivity contribution >= 4 is 28.6 Å². The zero-order chi connectivity index (χ0) is 19.8. The molecule has 2 amide bonds. The molecule has 0 saturated carbocycles. The van der Waals surface area contributed by atoms with Gasteiger partial charge in [0.1, 0.15) is 0 Å². The average Bonchev–Trinajstić information content (AvgIpc) is 3.33. The van der Waals surface area contributed by atoms with Gasteiger partial charge in [-0.3, -0.25) is 9.59 Å². The third kappa shape index (κ3) is 3.13. The maximum absolute atomic E-state index is 13.0. The normalized spacial score (nSPS) is 13.9. The van der Waals surface area contributed by atoms with E-state index >= 15 is 0 Å². The maximum atomic E-state index is 13.0. The molecule has 1 fully saturated rings. The first kappa shape index (κ1) is 18.2. The van der Waals surface area contributed by atoms with Crippen molar-refractivity contribution in [1.29, 1.82) is 0 Å². The summed E-state index contributed by atoms with van der Waals surface area (Å²) in [5, 5.41) is 7.46. The molecule has 0 unspecified atom stereocenters. The van der Waals surface area contributed by atoms with E-state index in [9.17, 15) is 9.59 Å². The van der Waals surface area contributed by atoms with Crippen LogP contribution in [0.15, 0.2) is 28.8 Å². The van der Waals surface area contributed by atoms with E-state index in [0.717, 1.165) is 31.5 Å². The first-order chi connectivity index (χ1) is 13.5. The fourth-order valence-electron chi connectivity index (χ4n) is 3.68. The van der Waals surface area contributed by atoms with E-state index in [1.165, 1.54) is 0 Å². The lowest BCUT2D eigenvalue weighted by Crippen LogP contribution is -2.28. The zero-order valence-corrected chi connectivity index (χ0v) is 16.2. The van der Waals surface area contributed by atoms with Gasteiger partial charge in [0, 0.05) is 30.0 Å². The number of nitrogens with zero attached hydrogens (tertiary/aromatic N) is 3. The summed E-state index contributed by atoms with van der Waals surface area (Å²) in [5.74, 6) is -0.265. The van der Waals surface area contributed by atoms with Crippen LogP contribution in [0, 0.1) is 20.8 Å². The van der Waals surface area contributed by atoms with Crippen molar-refractivity contribution in [3.05, 3.63) is 52.3 Å². The molecule has 28 heavy (non-hydrogen) atoms. The van der Waals surface area contributed by atoms with E-state index in [-0.39, 0.29) is 11.8 Å². The van der Waals surface area contributed by atoms with Gasteiger partial charge in [-0.25, -0.2) is 4.98 Å². The second-order valence-electron chi connectivity index (χ2n) is 7.19. The quantitative estimate of drug-likeness (QED) is 0.752. The summed E-state index contributed by atoms with van der Waals surface area (Å²) >= 11 is 0. The average molecular weight is 378 g/mol. The van der Waals surface area contributed by atoms with Gasteiger partial charge in [0.05, 0.1) is 16.6 Å². The Kier molecular flexibility index (Phi) is 4.58. The van der Waals surface area contributed by atoms with Crippen LogP contribution in [0.5, 0.6) is 0 Å². The van der Waals surface area contributed by atoms with Crippen LogP contribution in [0.2, 0.25) is 0 Å². The largest absolute Gasteiger partial charge is 0.339 e. The smallest absolute Gasteiger partial charge is 0.258 e. The fourth-order valence-corrected chi connectivity index (χ4v) is 3.68. The number of hydrogen-bond acceptors (Lipinski definition) is 5. The molecule has 1 aromatic carbocycles. The molecular weight excluding hydrogens is 356 g/mol. The highest BCUT2D eigenvalue weighted by atomic mass is 16.5. The number of carbonyl (C=O) groups is 2. The minimum absolute atomic E-state index is 0.0168. The number of likely N-dealkylation sites (tertiary alicyclic amines) is 1. The molecule has 144 valence electrons. The number of rotatable bonds is 3. The lowest BCUT2D eigenvalue weighted by molar-refractivity contribution is 0.0791. The molecule has 0 atom stereocenters. The highest BCUT2D eigenvalue weighted by Crippen LogP contribution is 2.26. The minimum atomic E-state index is -0.282. The number of benzene rings is 1. The van der Waals surface area contributed by atoms with Crippen molar-refractivity contribution in [2.24, 2.45) is 0 Å². The maximum Gasteiger partial charge on any atom is 0.258 e. The Morgan fingerprint density at radius 1 is 1.11 bits per heavy atom. The fraction of sp³-hybridized carbons (Fsp3) is 0.333. The monoisotopic (exact) mass is 378 g/mol. The second kappa shape index (κ2) is 7.07. The van der Waals surface area contributed by atoms with Crippen molar-refractivity contribution in [1.82, 2.24) is 15.0 Å². The van der Waals surface area contributed by atoms with E-state index < -0.39 is 0 Å². The summed E-state index contributed by atoms with van der Waals surface area (Å²) in [6.45, 7) is 7.01. The molecule has 0 aliphatic carbocycles. The lowest BCUT2D eigenvalue weighted by atomic mass is 10.0. The predicted octanol–water partition coefficient (Wildman–Crippen LogP) is 3.64. The summed E-state index contributed by atoms with van der Waals surface area (Å²) in [6.07, 6.45) is 2.08. The van der Waals surface area contributed by atoms with E-state index in [0.29, 0.717) is 39.3 Å². The van der Waals surface area contributed by atoms with Crippen molar-refractivity contribution in [2.75, 3.05) is 18.4 Å². The van der Waals surface area contributed by atoms with Crippen LogP contribution in [-0.2, 0) is 0 Å². The lowest BCUT2D eigenvalue weighted by Gasteiger charge is -2.18. The van der Waals surface area contributed by atoms with Gasteiger partial charge >= 0.3 is 0 Å². The van der Waals surface area contributed by atoms with Gasteiger partial charge in [-0.1, -0.05) is 11.2 Å². The van der Waals surface area contributed by atoms with Crippen LogP contribution in [0.3, 0.4) is 0 Å². The number of aromatic nitrogens is 2. The highest BCUT2D eigenvalue weighted by molar-refractivity contribution is 6.13. The van der Waals surface area contributed by atoms with Crippen molar-refractivity contribution < 1.29 is 14.1 Å². The number of fused-ring (bicyclic) bond motifs is 1. The molecular formula is C21H22N4O3. The van der Waals surface area contributed by atoms with E-state index in [4.69, 9.17) is 4.52 Å². The molecule has 3 heterocycles. The highest BCUT2D eigenvalue weighted by Gasteiger charge is 2.23. The van der Waals surface area contributed by atoms with Gasteiger partial charge < -0.3 is 14.7 Å². The zero-order valence-electron chi connectivity index (χ0n) is 16.2. The number of pyridine rings is 1. The van der Waals surface area contributed by atoms with Crippen LogP contribution in [0.1, 0.15) is 50.5 Å². The van der Waals surface area contributed by atoms with Crippen LogP contribution in [-0.4, -0.2) is 39.9 Å². The Balaban J connectivity index is 1.67. The number of anilines is 1. The summed E-state index contributed by atoms with van der Waals surface area (Å²) in [7, 11) is 0. The first-order valence-corrected chi connectivity index (χ1v) is 9.39. The van der Waals surface area contributed by atoms with Crippen molar-refractivity contribution in [3.8, 4) is 0 Å². The number of hydrogen-bond donors (Lipinski definition) is 1. The molecule has 1 aliphatic heterocycles. The SMILES string of the molecule is Cc1cc(C(=O)Nc2cccc(C(=O)N3CCCC3)c2C)c2c(C)noc2n1. The van der Waals surface area contributed by atoms with Gasteiger partial charge in [-0.05, 0) is 57.4 Å². The minimum Gasteiger partial charge on any atom is -0.339 e. The van der Waals surface area contributed by atoms with E-state index in [1.807, 2.05) is 17.9 Å². The molecule has 7 heteroatoms. The Morgan fingerprint density at radius 2 is 1.86 bits per heavy atom. The molecule has 7 nitrogen and oxygen atoms in total. The predicted molar refractivity (Wildman–Crippen MR) is 106 cm³/mol. The Hall–Kier alpha value is -3.22. The summed E-state index contributed by atoms with van der Waals surface area (Å²) in [4.78, 5) is 32.0. The van der Waals surface area contributed by atoms with Gasteiger partial charge in [-0.15, -0.1) is 0 Å². The molecule has 2 aromatic heterocycles. The van der Waals surface area contributed by atoms with Crippen molar-refractivity contribution in [2.45, 2.75) is 33.6 Å². The summed E-state index contributed by atoms with van der Waals surface area (Å²) in [5.41, 5.74) is 4.08. The number of nitrogens with one attached hydrogen (secondary N) is 1. The topological polar surface area (TPSA) is 88.3 Å². The van der Waals surface area contributed by atoms with Gasteiger partial charge in [-0.2, -0.15) is 0 Å². The summed E-state index contributed by atoms with van der Waals surface area (Å²) < 4.78 is 5.21. The third-order valence-corrected chi connectivity index (χ3v) is 5.20. The third-order valence-electron chi connectivity index (χ3n) is 5.20. The van der Waals surface area contributed by atoms with Crippen molar-refractivity contribution in [3.63, 3.8) is 0 Å². The first-order valence-electron chi connectivity index (χ1n) is 9.39. The molecule has 3 aromatic rings. The molecule has 1 N–H and O–H groups in total. The van der Waals surface area contributed by atoms with E-state index in [2.05, 4.69) is 15.5 Å². The molecule has 4 rings (SSSR count). The Bertz CT molecular complexity index is 1080. The van der Waals surface area contributed by atoms with Crippen LogP contribution in [0.25, 0.3) is 11.1 Å². The number of carbonyl (C=O) groups excluding carboxylic acids is 2. The number of amides is 2. The van der Waals surface area contributed by atoms with E-state index in [1.54, 1.807) is 32.0 Å². The number of aryl methyl sites for hydroxylation is 2. The standard InChI is InChI=1S/C21H22N4O3/c1-12-11-16(18-14(3)24-28-20(18)22-12)19(26)23-17-8-6-7-15(13(17)2)21(27)25-9-4-5-10-25/h6-8,11H,4-5,9-10H2,1-3H3,(H,23,26). The molecule has 0 bridgehead atoms. The van der Waals surface area contributed by atoms with Crippen LogP contribution < -0.4 is 5.32 Å². The summed E-state index contributed by atoms with van der Waals surface area (Å²) in [6, 6.07) is 7.13. The Morgan fingerprint density at radius 3 is 2.61 bits per heavy atom. The molecule has 1 aliphatic rings. The second-order valence-corrected chi connectivity index (χ2v) is 7.19. The van der Waals surface area contributed by atoms with Crippen LogP contribution in [0.4, 0.5) is 5.69 Å². The van der Waals surface area contributed by atoms with Gasteiger partial charge in [0.25, 0.3) is 17.5 Å².